The minimum absolute atomic E-state index is 0.0631. The lowest BCUT2D eigenvalue weighted by atomic mass is 10.0. The number of nitrogens with zero attached hydrogens (tertiary/aromatic N) is 1. The first kappa shape index (κ1) is 20.4. The minimum atomic E-state index is -4.70. The largest absolute Gasteiger partial charge is 0.417 e. The molecule has 2 rings (SSSR count). The van der Waals surface area contributed by atoms with Gasteiger partial charge in [-0.25, -0.2) is 0 Å². The third-order valence-corrected chi connectivity index (χ3v) is 4.07. The van der Waals surface area contributed by atoms with Gasteiger partial charge >= 0.3 is 6.18 Å². The van der Waals surface area contributed by atoms with Crippen LogP contribution < -0.4 is 10.6 Å². The van der Waals surface area contributed by atoms with Crippen LogP contribution in [0.25, 0.3) is 0 Å². The van der Waals surface area contributed by atoms with E-state index in [1.165, 1.54) is 12.1 Å². The van der Waals surface area contributed by atoms with Crippen LogP contribution in [0.3, 0.4) is 0 Å². The number of nitriles is 1. The van der Waals surface area contributed by atoms with E-state index in [9.17, 15) is 18.0 Å². The quantitative estimate of drug-likeness (QED) is 0.765. The Kier molecular flexibility index (Phi) is 5.86. The lowest BCUT2D eigenvalue weighted by Gasteiger charge is -2.27. The summed E-state index contributed by atoms with van der Waals surface area (Å²) < 4.78 is 39.2. The zero-order valence-corrected chi connectivity index (χ0v) is 15.3. The molecule has 0 heterocycles. The van der Waals surface area contributed by atoms with Crippen LogP contribution in [0.2, 0.25) is 0 Å². The van der Waals surface area contributed by atoms with Crippen molar-refractivity contribution in [2.24, 2.45) is 0 Å². The van der Waals surface area contributed by atoms with Gasteiger partial charge in [0.05, 0.1) is 17.2 Å². The van der Waals surface area contributed by atoms with Gasteiger partial charge in [0, 0.05) is 11.3 Å². The Morgan fingerprint density at radius 3 is 2.30 bits per heavy atom. The lowest BCUT2D eigenvalue weighted by Crippen LogP contribution is -2.52. The van der Waals surface area contributed by atoms with Gasteiger partial charge in [-0.1, -0.05) is 42.5 Å². The van der Waals surface area contributed by atoms with Crippen molar-refractivity contribution in [3.8, 4) is 6.07 Å². The third-order valence-electron chi connectivity index (χ3n) is 3.73. The molecule has 140 valence electrons. The summed E-state index contributed by atoms with van der Waals surface area (Å²) in [7, 11) is 0. The summed E-state index contributed by atoms with van der Waals surface area (Å²) in [5, 5.41) is 14.2. The van der Waals surface area contributed by atoms with Gasteiger partial charge in [-0.15, -0.1) is 0 Å². The Morgan fingerprint density at radius 2 is 1.74 bits per heavy atom. The Morgan fingerprint density at radius 1 is 1.11 bits per heavy atom. The Hall–Kier alpha value is -2.92. The van der Waals surface area contributed by atoms with Crippen LogP contribution in [0.5, 0.6) is 0 Å². The van der Waals surface area contributed by atoms with Crippen molar-refractivity contribution in [2.75, 3.05) is 5.32 Å². The number of amides is 1. The van der Waals surface area contributed by atoms with Crippen LogP contribution in [0.1, 0.15) is 30.5 Å². The molecular formula is C19H16F3N3OS. The second kappa shape index (κ2) is 7.76. The van der Waals surface area contributed by atoms with Crippen LogP contribution in [0, 0.1) is 11.3 Å². The van der Waals surface area contributed by atoms with Gasteiger partial charge in [-0.3, -0.25) is 4.79 Å². The molecule has 0 radical (unpaired) electrons. The van der Waals surface area contributed by atoms with E-state index in [1.807, 2.05) is 6.07 Å². The number of alkyl halides is 3. The molecule has 0 unspecified atom stereocenters. The van der Waals surface area contributed by atoms with Gasteiger partial charge in [0.1, 0.15) is 10.5 Å². The van der Waals surface area contributed by atoms with E-state index < -0.39 is 28.7 Å². The molecule has 0 saturated heterocycles. The predicted molar refractivity (Wildman–Crippen MR) is 100 cm³/mol. The number of carbonyl (C=O) groups excluding carboxylic acids is 1. The molecule has 1 amide bonds. The Bertz CT molecular complexity index is 903. The van der Waals surface area contributed by atoms with E-state index in [2.05, 4.69) is 10.6 Å². The van der Waals surface area contributed by atoms with Crippen LogP contribution in [0.15, 0.2) is 48.5 Å². The number of hydrogen-bond acceptors (Lipinski definition) is 3. The van der Waals surface area contributed by atoms with E-state index in [-0.39, 0.29) is 5.69 Å². The zero-order valence-electron chi connectivity index (χ0n) is 14.5. The number of rotatable bonds is 4. The van der Waals surface area contributed by atoms with E-state index in [0.29, 0.717) is 10.6 Å². The summed E-state index contributed by atoms with van der Waals surface area (Å²) in [5.41, 5.74) is -2.14. The predicted octanol–water partition coefficient (Wildman–Crippen LogP) is 4.26. The third kappa shape index (κ3) is 5.05. The standard InChI is InChI=1S/C19H16F3N3OS/c1-18(2,25-16(27)12-6-4-3-5-7-12)17(26)24-14-9-8-13(11-23)15(10-14)19(20,21)22/h3-10H,1-2H3,(H,24,26)(H,25,27). The van der Waals surface area contributed by atoms with Crippen LogP contribution in [-0.2, 0) is 11.0 Å². The van der Waals surface area contributed by atoms with Crippen molar-refractivity contribution in [2.45, 2.75) is 25.6 Å². The van der Waals surface area contributed by atoms with Gasteiger partial charge in [0.25, 0.3) is 0 Å². The lowest BCUT2D eigenvalue weighted by molar-refractivity contribution is -0.137. The molecule has 0 atom stereocenters. The second-order valence-corrected chi connectivity index (χ2v) is 6.68. The Labute approximate surface area is 160 Å². The van der Waals surface area contributed by atoms with Crippen LogP contribution >= 0.6 is 12.2 Å². The second-order valence-electron chi connectivity index (χ2n) is 6.27. The first-order valence-electron chi connectivity index (χ1n) is 7.85. The molecule has 0 saturated carbocycles. The number of nitrogens with one attached hydrogen (secondary N) is 2. The van der Waals surface area contributed by atoms with Crippen LogP contribution in [-0.4, -0.2) is 16.4 Å². The average molecular weight is 391 g/mol. The van der Waals surface area contributed by atoms with Gasteiger partial charge < -0.3 is 10.6 Å². The zero-order chi connectivity index (χ0) is 20.2. The maximum atomic E-state index is 13.1. The van der Waals surface area contributed by atoms with Gasteiger partial charge in [-0.05, 0) is 32.0 Å². The topological polar surface area (TPSA) is 64.9 Å². The first-order chi connectivity index (χ1) is 12.5. The molecule has 27 heavy (non-hydrogen) atoms. The molecule has 0 fully saturated rings. The van der Waals surface area contributed by atoms with Crippen molar-refractivity contribution in [1.82, 2.24) is 5.32 Å². The van der Waals surface area contributed by atoms with Gasteiger partial charge in [0.15, 0.2) is 0 Å². The maximum absolute atomic E-state index is 13.1. The van der Waals surface area contributed by atoms with Crippen molar-refractivity contribution in [3.05, 3.63) is 65.2 Å². The number of benzene rings is 2. The highest BCUT2D eigenvalue weighted by molar-refractivity contribution is 7.80. The van der Waals surface area contributed by atoms with Crippen molar-refractivity contribution >= 4 is 28.8 Å². The summed E-state index contributed by atoms with van der Waals surface area (Å²) in [5.74, 6) is -0.571. The summed E-state index contributed by atoms with van der Waals surface area (Å²) in [4.78, 5) is 12.9. The van der Waals surface area contributed by atoms with Gasteiger partial charge in [-0.2, -0.15) is 18.4 Å². The molecule has 4 nitrogen and oxygen atoms in total. The number of anilines is 1. The van der Waals surface area contributed by atoms with E-state index in [1.54, 1.807) is 38.1 Å². The molecule has 0 aliphatic carbocycles. The summed E-state index contributed by atoms with van der Waals surface area (Å²) in [6.45, 7) is 3.12. The summed E-state index contributed by atoms with van der Waals surface area (Å²) >= 11 is 5.28. The Balaban J connectivity index is 2.18. The van der Waals surface area contributed by atoms with Crippen molar-refractivity contribution in [3.63, 3.8) is 0 Å². The number of thiocarbonyl (C=S) groups is 1. The summed E-state index contributed by atoms with van der Waals surface area (Å²) in [6.07, 6.45) is -4.70. The molecule has 2 N–H and O–H groups in total. The highest BCUT2D eigenvalue weighted by atomic mass is 32.1. The fourth-order valence-electron chi connectivity index (χ4n) is 2.24. The average Bonchev–Trinajstić information content (AvgIpc) is 2.61. The molecule has 2 aromatic rings. The summed E-state index contributed by atoms with van der Waals surface area (Å²) in [6, 6.07) is 13.5. The normalized spacial score (nSPS) is 11.4. The molecule has 0 bridgehead atoms. The van der Waals surface area contributed by atoms with Gasteiger partial charge in [0.2, 0.25) is 5.91 Å². The smallest absolute Gasteiger partial charge is 0.362 e. The number of halogens is 3. The molecule has 0 aromatic heterocycles. The molecule has 0 aliphatic rings. The molecule has 0 spiro atoms. The number of carbonyl (C=O) groups is 1. The van der Waals surface area contributed by atoms with E-state index in [0.717, 1.165) is 12.1 Å². The monoisotopic (exact) mass is 391 g/mol. The van der Waals surface area contributed by atoms with E-state index in [4.69, 9.17) is 17.5 Å². The molecule has 0 aliphatic heterocycles. The fraction of sp³-hybridized carbons (Fsp3) is 0.211. The maximum Gasteiger partial charge on any atom is 0.417 e. The van der Waals surface area contributed by atoms with Crippen LogP contribution in [0.4, 0.5) is 18.9 Å². The van der Waals surface area contributed by atoms with E-state index >= 15 is 0 Å². The van der Waals surface area contributed by atoms with Crippen molar-refractivity contribution in [1.29, 1.82) is 5.26 Å². The molecular weight excluding hydrogens is 375 g/mol. The fourth-order valence-corrected chi connectivity index (χ4v) is 2.63. The minimum Gasteiger partial charge on any atom is -0.362 e. The highest BCUT2D eigenvalue weighted by Crippen LogP contribution is 2.33. The number of hydrogen-bond donors (Lipinski definition) is 2. The molecule has 8 heteroatoms. The SMILES string of the molecule is CC(C)(NC(=S)c1ccccc1)C(=O)Nc1ccc(C#N)c(C(F)(F)F)c1. The highest BCUT2D eigenvalue weighted by Gasteiger charge is 2.34. The first-order valence-corrected chi connectivity index (χ1v) is 8.26. The molecule has 2 aromatic carbocycles. The van der Waals surface area contributed by atoms with Crippen molar-refractivity contribution < 1.29 is 18.0 Å².